The van der Waals surface area contributed by atoms with Crippen molar-refractivity contribution in [2.24, 2.45) is 11.3 Å². The minimum Gasteiger partial charge on any atom is -0.378 e. The molecule has 1 saturated carbocycles. The van der Waals surface area contributed by atoms with Gasteiger partial charge in [0, 0.05) is 30.5 Å². The molecule has 3 heteroatoms. The molecule has 2 aliphatic rings. The molecule has 0 spiro atoms. The largest absolute Gasteiger partial charge is 0.378 e. The Bertz CT molecular complexity index is 301. The molecule has 18 heavy (non-hydrogen) atoms. The van der Waals surface area contributed by atoms with Gasteiger partial charge in [0.25, 0.3) is 0 Å². The van der Waals surface area contributed by atoms with Crippen molar-refractivity contribution in [2.75, 3.05) is 26.3 Å². The fraction of sp³-hybridized carbons (Fsp3) is 0.933. The smallest absolute Gasteiger partial charge is 0.142 e. The highest BCUT2D eigenvalue weighted by Crippen LogP contribution is 2.36. The fourth-order valence-electron chi connectivity index (χ4n) is 3.36. The van der Waals surface area contributed by atoms with Gasteiger partial charge in [0.05, 0.1) is 13.2 Å². The Morgan fingerprint density at radius 2 is 2.22 bits per heavy atom. The molecule has 1 aliphatic carbocycles. The highest BCUT2D eigenvalue weighted by molar-refractivity contribution is 5.87. The molecule has 0 aromatic carbocycles. The van der Waals surface area contributed by atoms with Gasteiger partial charge in [-0.15, -0.1) is 0 Å². The van der Waals surface area contributed by atoms with Crippen LogP contribution in [0.5, 0.6) is 0 Å². The van der Waals surface area contributed by atoms with Crippen LogP contribution >= 0.6 is 0 Å². The van der Waals surface area contributed by atoms with Crippen LogP contribution in [-0.2, 0) is 9.53 Å². The zero-order valence-corrected chi connectivity index (χ0v) is 12.1. The second kappa shape index (κ2) is 5.70. The van der Waals surface area contributed by atoms with Crippen molar-refractivity contribution < 1.29 is 9.53 Å². The summed E-state index contributed by atoms with van der Waals surface area (Å²) in [6.07, 6.45) is 4.45. The maximum atomic E-state index is 12.5. The molecule has 1 aliphatic heterocycles. The van der Waals surface area contributed by atoms with E-state index in [0.717, 1.165) is 45.6 Å². The first kappa shape index (κ1) is 14.0. The molecule has 0 radical (unpaired) electrons. The van der Waals surface area contributed by atoms with Crippen molar-refractivity contribution in [3.8, 4) is 0 Å². The summed E-state index contributed by atoms with van der Waals surface area (Å²) >= 11 is 0. The highest BCUT2D eigenvalue weighted by atomic mass is 16.5. The van der Waals surface area contributed by atoms with E-state index in [-0.39, 0.29) is 11.3 Å². The van der Waals surface area contributed by atoms with Gasteiger partial charge in [-0.3, -0.25) is 9.69 Å². The summed E-state index contributed by atoms with van der Waals surface area (Å²) in [4.78, 5) is 14.9. The van der Waals surface area contributed by atoms with Crippen LogP contribution in [0.2, 0.25) is 0 Å². The van der Waals surface area contributed by atoms with Gasteiger partial charge in [0.2, 0.25) is 0 Å². The monoisotopic (exact) mass is 253 g/mol. The molecule has 2 fully saturated rings. The molecule has 1 saturated heterocycles. The number of hydrogen-bond acceptors (Lipinski definition) is 3. The summed E-state index contributed by atoms with van der Waals surface area (Å²) in [6, 6.07) is 0.511. The van der Waals surface area contributed by atoms with Gasteiger partial charge >= 0.3 is 0 Å². The average Bonchev–Trinajstić information content (AvgIpc) is 2.35. The van der Waals surface area contributed by atoms with Gasteiger partial charge < -0.3 is 4.74 Å². The molecule has 0 amide bonds. The van der Waals surface area contributed by atoms with Crippen LogP contribution in [0.1, 0.15) is 46.5 Å². The third-order valence-corrected chi connectivity index (χ3v) is 4.67. The lowest BCUT2D eigenvalue weighted by atomic mass is 9.71. The standard InChI is InChI=1S/C15H27NO2/c1-4-13-11-18-9-8-16(13)10-12-6-5-7-15(2,3)14(12)17/h12-13H,4-11H2,1-3H3. The zero-order chi connectivity index (χ0) is 13.2. The van der Waals surface area contributed by atoms with Gasteiger partial charge in [0.1, 0.15) is 5.78 Å². The number of Topliss-reactive ketones (excluding diaryl/α,β-unsaturated/α-hetero) is 1. The quantitative estimate of drug-likeness (QED) is 0.774. The molecule has 0 N–H and O–H groups in total. The highest BCUT2D eigenvalue weighted by Gasteiger charge is 2.38. The van der Waals surface area contributed by atoms with Crippen LogP contribution in [0.25, 0.3) is 0 Å². The van der Waals surface area contributed by atoms with Crippen molar-refractivity contribution in [1.29, 1.82) is 0 Å². The van der Waals surface area contributed by atoms with Gasteiger partial charge in [-0.25, -0.2) is 0 Å². The van der Waals surface area contributed by atoms with Crippen molar-refractivity contribution >= 4 is 5.78 Å². The van der Waals surface area contributed by atoms with Gasteiger partial charge in [-0.1, -0.05) is 27.2 Å². The number of ketones is 1. The summed E-state index contributed by atoms with van der Waals surface area (Å²) in [5.74, 6) is 0.732. The molecule has 2 atom stereocenters. The predicted octanol–water partition coefficient (Wildman–Crippen LogP) is 2.49. The molecule has 3 nitrogen and oxygen atoms in total. The first-order valence-corrected chi connectivity index (χ1v) is 7.40. The topological polar surface area (TPSA) is 29.5 Å². The lowest BCUT2D eigenvalue weighted by Gasteiger charge is -2.40. The minimum atomic E-state index is -0.100. The molecule has 2 rings (SSSR count). The fourth-order valence-corrected chi connectivity index (χ4v) is 3.36. The third kappa shape index (κ3) is 2.94. The van der Waals surface area contributed by atoms with E-state index in [2.05, 4.69) is 25.7 Å². The third-order valence-electron chi connectivity index (χ3n) is 4.67. The van der Waals surface area contributed by atoms with Crippen molar-refractivity contribution in [3.63, 3.8) is 0 Å². The number of carbonyl (C=O) groups excluding carboxylic acids is 1. The van der Waals surface area contributed by atoms with Crippen LogP contribution < -0.4 is 0 Å². The van der Waals surface area contributed by atoms with E-state index in [4.69, 9.17) is 4.74 Å². The SMILES string of the molecule is CCC1COCCN1CC1CCCC(C)(C)C1=O. The van der Waals surface area contributed by atoms with Crippen molar-refractivity contribution in [1.82, 2.24) is 4.90 Å². The Kier molecular flexibility index (Phi) is 4.44. The molecule has 2 unspecified atom stereocenters. The Balaban J connectivity index is 1.97. The summed E-state index contributed by atoms with van der Waals surface area (Å²) in [7, 11) is 0. The number of carbonyl (C=O) groups is 1. The number of hydrogen-bond donors (Lipinski definition) is 0. The molecule has 0 bridgehead atoms. The predicted molar refractivity (Wildman–Crippen MR) is 72.6 cm³/mol. The van der Waals surface area contributed by atoms with E-state index in [1.807, 2.05) is 0 Å². The molecule has 104 valence electrons. The van der Waals surface area contributed by atoms with Crippen LogP contribution in [-0.4, -0.2) is 43.0 Å². The molecule has 0 aromatic rings. The minimum absolute atomic E-state index is 0.100. The first-order valence-electron chi connectivity index (χ1n) is 7.40. The van der Waals surface area contributed by atoms with E-state index in [0.29, 0.717) is 11.8 Å². The van der Waals surface area contributed by atoms with Gasteiger partial charge in [-0.05, 0) is 19.3 Å². The Hall–Kier alpha value is -0.410. The summed E-state index contributed by atoms with van der Waals surface area (Å²) in [6.45, 7) is 10.0. The Labute approximate surface area is 111 Å². The zero-order valence-electron chi connectivity index (χ0n) is 12.1. The number of morpholine rings is 1. The lowest BCUT2D eigenvalue weighted by Crippen LogP contribution is -2.50. The van der Waals surface area contributed by atoms with E-state index < -0.39 is 0 Å². The van der Waals surface area contributed by atoms with Crippen molar-refractivity contribution in [2.45, 2.75) is 52.5 Å². The second-order valence-electron chi connectivity index (χ2n) is 6.47. The molecule has 1 heterocycles. The Morgan fingerprint density at radius 3 is 2.94 bits per heavy atom. The van der Waals surface area contributed by atoms with Crippen LogP contribution in [0.4, 0.5) is 0 Å². The van der Waals surface area contributed by atoms with Gasteiger partial charge in [0.15, 0.2) is 0 Å². The Morgan fingerprint density at radius 1 is 1.44 bits per heavy atom. The normalized spacial score (nSPS) is 33.6. The molecular formula is C15H27NO2. The number of nitrogens with zero attached hydrogens (tertiary/aromatic N) is 1. The second-order valence-corrected chi connectivity index (χ2v) is 6.47. The summed E-state index contributed by atoms with van der Waals surface area (Å²) in [5.41, 5.74) is -0.100. The van der Waals surface area contributed by atoms with Gasteiger partial charge in [-0.2, -0.15) is 0 Å². The van der Waals surface area contributed by atoms with Crippen LogP contribution in [0.15, 0.2) is 0 Å². The number of ether oxygens (including phenoxy) is 1. The van der Waals surface area contributed by atoms with Crippen molar-refractivity contribution in [3.05, 3.63) is 0 Å². The summed E-state index contributed by atoms with van der Waals surface area (Å²) < 4.78 is 5.53. The average molecular weight is 253 g/mol. The first-order chi connectivity index (χ1) is 8.54. The van der Waals surface area contributed by atoms with E-state index >= 15 is 0 Å². The maximum Gasteiger partial charge on any atom is 0.142 e. The number of rotatable bonds is 3. The van der Waals surface area contributed by atoms with E-state index in [9.17, 15) is 4.79 Å². The maximum absolute atomic E-state index is 12.5. The molecule has 0 aromatic heterocycles. The van der Waals surface area contributed by atoms with E-state index in [1.54, 1.807) is 0 Å². The lowest BCUT2D eigenvalue weighted by molar-refractivity contribution is -0.136. The van der Waals surface area contributed by atoms with E-state index in [1.165, 1.54) is 6.42 Å². The molecular weight excluding hydrogens is 226 g/mol. The van der Waals surface area contributed by atoms with Crippen LogP contribution in [0, 0.1) is 11.3 Å². The summed E-state index contributed by atoms with van der Waals surface area (Å²) in [5, 5.41) is 0. The van der Waals surface area contributed by atoms with Crippen LogP contribution in [0.3, 0.4) is 0 Å².